The first-order chi connectivity index (χ1) is 35.1. The van der Waals surface area contributed by atoms with Crippen LogP contribution in [0.3, 0.4) is 0 Å². The number of nitrogens with zero attached hydrogens (tertiary/aromatic N) is 4. The molecule has 0 radical (unpaired) electrons. The number of hydrogen-bond donors (Lipinski definition) is 0. The molecule has 0 unspecified atom stereocenters. The van der Waals surface area contributed by atoms with Gasteiger partial charge in [0, 0.05) is 60.5 Å². The van der Waals surface area contributed by atoms with Gasteiger partial charge in [0.2, 0.25) is 0 Å². The first kappa shape index (κ1) is 42.1. The average Bonchev–Trinajstić information content (AvgIpc) is 4.05. The molecule has 0 saturated heterocycles. The third-order valence-electron chi connectivity index (χ3n) is 16.0. The van der Waals surface area contributed by atoms with Crippen molar-refractivity contribution in [2.45, 2.75) is 45.4 Å². The molecule has 3 aromatic heterocycles. The van der Waals surface area contributed by atoms with Gasteiger partial charge in [-0.25, -0.2) is 0 Å². The van der Waals surface area contributed by atoms with E-state index in [2.05, 4.69) is 260 Å². The van der Waals surface area contributed by atoms with Gasteiger partial charge in [-0.15, -0.1) is 0 Å². The van der Waals surface area contributed by atoms with Crippen LogP contribution in [0.1, 0.15) is 61.2 Å². The number of allylic oxidation sites excluding steroid dienone is 2. The van der Waals surface area contributed by atoms with E-state index in [1.807, 2.05) is 12.2 Å². The third-order valence-corrected chi connectivity index (χ3v) is 16.0. The Morgan fingerprint density at radius 3 is 1.54 bits per heavy atom. The molecule has 5 heterocycles. The van der Waals surface area contributed by atoms with Gasteiger partial charge in [-0.1, -0.05) is 150 Å². The second-order valence-electron chi connectivity index (χ2n) is 20.6. The Labute approximate surface area is 419 Å². The number of anilines is 6. The van der Waals surface area contributed by atoms with Gasteiger partial charge in [0.25, 0.3) is 0 Å². The van der Waals surface area contributed by atoms with E-state index in [9.17, 15) is 0 Å². The van der Waals surface area contributed by atoms with Crippen molar-refractivity contribution in [3.8, 4) is 11.4 Å². The first-order valence-corrected chi connectivity index (χ1v) is 25.0. The molecule has 0 spiro atoms. The molecule has 72 heavy (non-hydrogen) atoms. The van der Waals surface area contributed by atoms with Gasteiger partial charge in [-0.2, -0.15) is 0 Å². The van der Waals surface area contributed by atoms with E-state index < -0.39 is 0 Å². The molecule has 0 fully saturated rings. The van der Waals surface area contributed by atoms with Gasteiger partial charge in [0.15, 0.2) is 5.58 Å². The Morgan fingerprint density at radius 2 is 0.903 bits per heavy atom. The van der Waals surface area contributed by atoms with Gasteiger partial charge in [0.1, 0.15) is 5.58 Å². The van der Waals surface area contributed by atoms with E-state index in [1.54, 1.807) is 0 Å². The lowest BCUT2D eigenvalue weighted by atomic mass is 9.73. The summed E-state index contributed by atoms with van der Waals surface area (Å²) in [6, 6.07) is 71.4. The minimum atomic E-state index is -0.302. The molecule has 0 bridgehead atoms. The van der Waals surface area contributed by atoms with Crippen LogP contribution in [0.15, 0.2) is 217 Å². The fraction of sp³-hybridized carbons (Fsp3) is 0.104. The van der Waals surface area contributed by atoms with Crippen LogP contribution in [0, 0.1) is 6.92 Å². The summed E-state index contributed by atoms with van der Waals surface area (Å²) >= 11 is 0. The van der Waals surface area contributed by atoms with Crippen molar-refractivity contribution in [2.75, 3.05) is 9.80 Å². The van der Waals surface area contributed by atoms with E-state index in [0.29, 0.717) is 0 Å². The van der Waals surface area contributed by atoms with Crippen LogP contribution < -0.4 is 9.80 Å². The Kier molecular flexibility index (Phi) is 8.98. The Hall–Kier alpha value is -8.80. The quantitative estimate of drug-likeness (QED) is 0.156. The zero-order valence-corrected chi connectivity index (χ0v) is 41.1. The predicted molar refractivity (Wildman–Crippen MR) is 302 cm³/mol. The summed E-state index contributed by atoms with van der Waals surface area (Å²) in [4.78, 5) is 4.88. The van der Waals surface area contributed by atoms with E-state index in [-0.39, 0.29) is 10.8 Å². The van der Waals surface area contributed by atoms with Gasteiger partial charge < -0.3 is 23.4 Å². The Bertz CT molecular complexity index is 4230. The molecule has 0 atom stereocenters. The zero-order chi connectivity index (χ0) is 48.6. The number of furan rings is 1. The number of fused-ring (bicyclic) bond motifs is 11. The van der Waals surface area contributed by atoms with E-state index in [1.165, 1.54) is 71.9 Å². The Morgan fingerprint density at radius 1 is 0.417 bits per heavy atom. The van der Waals surface area contributed by atoms with Crippen molar-refractivity contribution in [3.05, 3.63) is 246 Å². The molecule has 5 heteroatoms. The lowest BCUT2D eigenvalue weighted by Crippen LogP contribution is -2.30. The van der Waals surface area contributed by atoms with Gasteiger partial charge >= 0.3 is 0 Å². The molecule has 5 nitrogen and oxygen atoms in total. The molecular formula is C67H52N4O. The van der Waals surface area contributed by atoms with E-state index in [0.717, 1.165) is 61.8 Å². The van der Waals surface area contributed by atoms with Crippen molar-refractivity contribution < 1.29 is 4.42 Å². The summed E-state index contributed by atoms with van der Waals surface area (Å²) in [7, 11) is 0. The molecular weight excluding hydrogens is 877 g/mol. The van der Waals surface area contributed by atoms with Crippen LogP contribution in [0.2, 0.25) is 0 Å². The smallest absolute Gasteiger partial charge is 0.159 e. The molecule has 0 N–H and O–H groups in total. The molecule has 346 valence electrons. The number of aromatic nitrogens is 2. The van der Waals surface area contributed by atoms with Crippen molar-refractivity contribution in [3.63, 3.8) is 0 Å². The van der Waals surface area contributed by atoms with Crippen LogP contribution in [0.25, 0.3) is 72.1 Å². The Balaban J connectivity index is 0.929. The second-order valence-corrected chi connectivity index (χ2v) is 20.6. The third kappa shape index (κ3) is 5.82. The molecule has 12 aromatic rings. The maximum absolute atomic E-state index is 7.08. The summed E-state index contributed by atoms with van der Waals surface area (Å²) in [5.41, 5.74) is 21.2. The summed E-state index contributed by atoms with van der Waals surface area (Å²) in [6.07, 6.45) is 6.06. The number of hydrogen-bond acceptors (Lipinski definition) is 3. The van der Waals surface area contributed by atoms with Gasteiger partial charge in [0.05, 0.1) is 45.0 Å². The fourth-order valence-corrected chi connectivity index (χ4v) is 12.5. The standard InChI is InChI=1S/C67H52N4O/c1-7-8-26-55-42(2)46-20-9-14-27-56(46)68(55)44-34-37-62-54(40-44)67(5,6)52-25-13-18-31-60(52)71(62)63-32-19-23-49-50-39-43(35-38-64(50)72-65(49)63)70-59-30-17-12-24-51(59)66(3,4)53-41-45(33-36-61(53)70)69-57-28-15-10-21-47(57)48-22-11-16-29-58(48)69/h7-41H,1H2,2-6H3/b26-8-. The molecule has 9 aromatic carbocycles. The highest BCUT2D eigenvalue weighted by Gasteiger charge is 2.40. The summed E-state index contributed by atoms with van der Waals surface area (Å²) < 4.78 is 11.9. The monoisotopic (exact) mass is 928 g/mol. The van der Waals surface area contributed by atoms with E-state index >= 15 is 0 Å². The number of aryl methyl sites for hydroxylation is 1. The summed E-state index contributed by atoms with van der Waals surface area (Å²) in [5.74, 6) is 0. The van der Waals surface area contributed by atoms with Gasteiger partial charge in [-0.05, 0) is 132 Å². The highest BCUT2D eigenvalue weighted by Crippen LogP contribution is 2.56. The molecule has 14 rings (SSSR count). The van der Waals surface area contributed by atoms with Crippen molar-refractivity contribution >= 4 is 94.8 Å². The maximum atomic E-state index is 7.08. The van der Waals surface area contributed by atoms with Crippen LogP contribution in [-0.2, 0) is 10.8 Å². The fourth-order valence-electron chi connectivity index (χ4n) is 12.5. The highest BCUT2D eigenvalue weighted by molar-refractivity contribution is 6.13. The zero-order valence-electron chi connectivity index (χ0n) is 41.1. The molecule has 2 aliphatic rings. The number of para-hydroxylation sites is 6. The van der Waals surface area contributed by atoms with Crippen molar-refractivity contribution in [2.24, 2.45) is 0 Å². The minimum Gasteiger partial charge on any atom is -0.454 e. The number of benzene rings is 9. The summed E-state index contributed by atoms with van der Waals surface area (Å²) in [6.45, 7) is 15.7. The normalized spacial score (nSPS) is 14.6. The number of rotatable bonds is 6. The summed E-state index contributed by atoms with van der Waals surface area (Å²) in [5, 5.41) is 5.91. The first-order valence-electron chi connectivity index (χ1n) is 25.0. The second kappa shape index (κ2) is 15.3. The maximum Gasteiger partial charge on any atom is 0.159 e. The van der Waals surface area contributed by atoms with Crippen LogP contribution in [0.4, 0.5) is 34.1 Å². The SMILES string of the molecule is C=C/C=C\c1c(C)c2ccccc2n1-c1ccc2c(c1)C(C)(C)c1ccccc1N2c1cccc2c1oc1ccc(N3c4ccccc4C(C)(C)c4cc(-n5c6ccccc6c6ccccc65)ccc43)cc12. The minimum absolute atomic E-state index is 0.269. The van der Waals surface area contributed by atoms with E-state index in [4.69, 9.17) is 4.42 Å². The van der Waals surface area contributed by atoms with Crippen LogP contribution in [-0.4, -0.2) is 9.13 Å². The molecule has 2 aliphatic heterocycles. The van der Waals surface area contributed by atoms with Crippen LogP contribution >= 0.6 is 0 Å². The lowest BCUT2D eigenvalue weighted by Gasteiger charge is -2.42. The molecule has 0 amide bonds. The average molecular weight is 929 g/mol. The molecule has 0 saturated carbocycles. The lowest BCUT2D eigenvalue weighted by molar-refractivity contribution is 0.630. The van der Waals surface area contributed by atoms with Crippen molar-refractivity contribution in [1.29, 1.82) is 0 Å². The highest BCUT2D eigenvalue weighted by atomic mass is 16.3. The molecule has 0 aliphatic carbocycles. The van der Waals surface area contributed by atoms with Crippen LogP contribution in [0.5, 0.6) is 0 Å². The topological polar surface area (TPSA) is 29.5 Å². The predicted octanol–water partition coefficient (Wildman–Crippen LogP) is 18.4. The largest absolute Gasteiger partial charge is 0.454 e. The van der Waals surface area contributed by atoms with Gasteiger partial charge in [-0.3, -0.25) is 0 Å². The van der Waals surface area contributed by atoms with Crippen molar-refractivity contribution in [1.82, 2.24) is 9.13 Å².